The Morgan fingerprint density at radius 2 is 1.88 bits per heavy atom. The van der Waals surface area contributed by atoms with Crippen LogP contribution in [0.25, 0.3) is 28.3 Å². The second-order valence-corrected chi connectivity index (χ2v) is 7.83. The first kappa shape index (κ1) is 23.2. The monoisotopic (exact) mass is 515 g/mol. The van der Waals surface area contributed by atoms with E-state index in [1.807, 2.05) is 0 Å². The Labute approximate surface area is 199 Å². The third-order valence-corrected chi connectivity index (χ3v) is 5.54. The van der Waals surface area contributed by atoms with E-state index in [0.29, 0.717) is 4.68 Å². The Kier molecular flexibility index (Phi) is 6.17. The summed E-state index contributed by atoms with van der Waals surface area (Å²) in [6.45, 7) is 0. The van der Waals surface area contributed by atoms with Crippen LogP contribution in [0.5, 0.6) is 0 Å². The van der Waals surface area contributed by atoms with Gasteiger partial charge >= 0.3 is 6.18 Å². The molecule has 0 fully saturated rings. The first-order valence-electron chi connectivity index (χ1n) is 9.07. The maximum Gasteiger partial charge on any atom is 0.434 e. The molecule has 0 radical (unpaired) electrons. The molecule has 0 aliphatic rings. The quantitative estimate of drug-likeness (QED) is 0.216. The first-order valence-corrected chi connectivity index (χ1v) is 10.2. The van der Waals surface area contributed by atoms with Crippen molar-refractivity contribution in [1.82, 2.24) is 14.9 Å². The lowest BCUT2D eigenvalue weighted by molar-refractivity contribution is -0.142. The van der Waals surface area contributed by atoms with Gasteiger partial charge in [-0.05, 0) is 42.5 Å². The molecule has 0 saturated heterocycles. The summed E-state index contributed by atoms with van der Waals surface area (Å²) in [4.78, 5) is 0. The van der Waals surface area contributed by atoms with Gasteiger partial charge in [0.05, 0.1) is 35.1 Å². The van der Waals surface area contributed by atoms with Crippen molar-refractivity contribution in [1.29, 1.82) is 0 Å². The molecule has 0 bridgehead atoms. The van der Waals surface area contributed by atoms with Crippen LogP contribution in [0.3, 0.4) is 0 Å². The van der Waals surface area contributed by atoms with Crippen molar-refractivity contribution in [3.8, 4) is 28.3 Å². The maximum atomic E-state index is 14.6. The molecule has 0 saturated carbocycles. The molecular weight excluding hydrogens is 505 g/mol. The summed E-state index contributed by atoms with van der Waals surface area (Å²) in [5, 5.41) is 7.56. The van der Waals surface area contributed by atoms with Crippen molar-refractivity contribution < 1.29 is 26.8 Å². The summed E-state index contributed by atoms with van der Waals surface area (Å²) in [6.07, 6.45) is -3.93. The molecule has 0 aliphatic heterocycles. The number of rotatable bonds is 4. The van der Waals surface area contributed by atoms with E-state index in [4.69, 9.17) is 44.7 Å². The van der Waals surface area contributed by atoms with Crippen LogP contribution >= 0.6 is 35.4 Å². The van der Waals surface area contributed by atoms with Crippen LogP contribution in [0, 0.1) is 5.82 Å². The van der Waals surface area contributed by atoms with Crippen LogP contribution in [0.1, 0.15) is 11.3 Å². The first-order chi connectivity index (χ1) is 15.6. The zero-order valence-corrected chi connectivity index (χ0v) is 18.8. The van der Waals surface area contributed by atoms with Gasteiger partial charge in [-0.3, -0.25) is 0 Å². The Morgan fingerprint density at radius 1 is 1.15 bits per heavy atom. The van der Waals surface area contributed by atoms with E-state index in [-0.39, 0.29) is 37.6 Å². The molecule has 0 N–H and O–H groups in total. The van der Waals surface area contributed by atoms with Crippen LogP contribution in [0.2, 0.25) is 10.0 Å². The predicted octanol–water partition coefficient (Wildman–Crippen LogP) is 6.98. The molecule has 0 atom stereocenters. The maximum absolute atomic E-state index is 14.6. The number of halogens is 6. The van der Waals surface area contributed by atoms with E-state index >= 15 is 0 Å². The fourth-order valence-electron chi connectivity index (χ4n) is 3.25. The lowest BCUT2D eigenvalue weighted by atomic mass is 10.0. The van der Waals surface area contributed by atoms with Crippen LogP contribution in [-0.2, 0) is 10.9 Å². The highest BCUT2D eigenvalue weighted by atomic mass is 35.5. The van der Waals surface area contributed by atoms with Gasteiger partial charge in [0.15, 0.2) is 16.5 Å². The largest absolute Gasteiger partial charge is 0.486 e. The molecular formula is C21H11Cl2F4N3O2S. The summed E-state index contributed by atoms with van der Waals surface area (Å²) in [6, 6.07) is 9.60. The summed E-state index contributed by atoms with van der Waals surface area (Å²) in [7, 11) is 1.21. The third-order valence-electron chi connectivity index (χ3n) is 4.62. The van der Waals surface area contributed by atoms with Crippen molar-refractivity contribution in [3.05, 3.63) is 75.8 Å². The highest BCUT2D eigenvalue weighted by molar-refractivity contribution is 7.80. The van der Waals surface area contributed by atoms with Gasteiger partial charge in [-0.25, -0.2) is 9.07 Å². The van der Waals surface area contributed by atoms with Crippen LogP contribution in [0.4, 0.5) is 17.6 Å². The number of ether oxygens (including phenoxy) is 1. The Balaban J connectivity index is 2.01. The molecule has 33 heavy (non-hydrogen) atoms. The molecule has 170 valence electrons. The molecule has 12 heteroatoms. The molecule has 0 spiro atoms. The fraction of sp³-hybridized carbons (Fsp3) is 0.0952. The summed E-state index contributed by atoms with van der Waals surface area (Å²) in [5.41, 5.74) is -2.16. The van der Waals surface area contributed by atoms with Gasteiger partial charge in [0.25, 0.3) is 0 Å². The highest BCUT2D eigenvalue weighted by Gasteiger charge is 2.41. The zero-order valence-electron chi connectivity index (χ0n) is 16.5. The number of benzene rings is 2. The smallest absolute Gasteiger partial charge is 0.434 e. The van der Waals surface area contributed by atoms with E-state index in [9.17, 15) is 17.6 Å². The summed E-state index contributed by atoms with van der Waals surface area (Å²) in [5.74, 6) is -1.18. The van der Waals surface area contributed by atoms with Crippen molar-refractivity contribution in [2.75, 3.05) is 7.11 Å². The highest BCUT2D eigenvalue weighted by Crippen LogP contribution is 2.43. The van der Waals surface area contributed by atoms with Crippen LogP contribution in [-0.4, -0.2) is 27.1 Å². The zero-order chi connectivity index (χ0) is 23.9. The number of hydrogen-bond acceptors (Lipinski definition) is 5. The normalized spacial score (nSPS) is 11.6. The van der Waals surface area contributed by atoms with E-state index in [0.717, 1.165) is 12.3 Å². The van der Waals surface area contributed by atoms with Gasteiger partial charge in [0.2, 0.25) is 0 Å². The molecule has 0 amide bonds. The van der Waals surface area contributed by atoms with Crippen molar-refractivity contribution in [3.63, 3.8) is 0 Å². The lowest BCUT2D eigenvalue weighted by Crippen LogP contribution is -2.15. The number of thiocarbonyl (C=S) groups is 1. The van der Waals surface area contributed by atoms with E-state index in [1.54, 1.807) is 0 Å². The predicted molar refractivity (Wildman–Crippen MR) is 118 cm³/mol. The number of methoxy groups -OCH3 is 1. The molecule has 4 rings (SSSR count). The van der Waals surface area contributed by atoms with Crippen LogP contribution < -0.4 is 0 Å². The van der Waals surface area contributed by atoms with E-state index in [2.05, 4.69) is 10.3 Å². The van der Waals surface area contributed by atoms with Gasteiger partial charge in [-0.1, -0.05) is 40.5 Å². The Bertz CT molecular complexity index is 1350. The third kappa shape index (κ3) is 4.21. The minimum absolute atomic E-state index is 0.0410. The van der Waals surface area contributed by atoms with Crippen LogP contribution in [0.15, 0.2) is 53.2 Å². The minimum atomic E-state index is -4.87. The molecule has 2 heterocycles. The number of nitrogens with zero attached hydrogens (tertiary/aromatic N) is 3. The average Bonchev–Trinajstić information content (AvgIpc) is 3.37. The average molecular weight is 516 g/mol. The molecule has 5 nitrogen and oxygen atoms in total. The second-order valence-electron chi connectivity index (χ2n) is 6.62. The van der Waals surface area contributed by atoms with Crippen molar-refractivity contribution >= 4 is 40.5 Å². The van der Waals surface area contributed by atoms with Crippen molar-refractivity contribution in [2.45, 2.75) is 6.18 Å². The van der Waals surface area contributed by atoms with Gasteiger partial charge in [0, 0.05) is 5.02 Å². The second kappa shape index (κ2) is 8.77. The molecule has 0 unspecified atom stereocenters. The standard InChI is InChI=1S/C21H11Cl2F4N3O2S/c1-31-20(33)16-17(15-13(23)6-3-7-14(15)24)29-32-18(16)12-9-28-30(19(12)21(25,26)27)11-5-2-4-10(22)8-11/h2-9H,1H3. The molecule has 2 aromatic heterocycles. The molecule has 0 aliphatic carbocycles. The summed E-state index contributed by atoms with van der Waals surface area (Å²) < 4.78 is 68.1. The van der Waals surface area contributed by atoms with Gasteiger partial charge < -0.3 is 9.26 Å². The van der Waals surface area contributed by atoms with Gasteiger partial charge in [0.1, 0.15) is 17.1 Å². The number of hydrogen-bond donors (Lipinski definition) is 0. The van der Waals surface area contributed by atoms with E-state index < -0.39 is 29.0 Å². The number of alkyl halides is 3. The number of aromatic nitrogens is 3. The van der Waals surface area contributed by atoms with Gasteiger partial charge in [-0.2, -0.15) is 18.3 Å². The van der Waals surface area contributed by atoms with Gasteiger partial charge in [-0.15, -0.1) is 0 Å². The van der Waals surface area contributed by atoms with Crippen molar-refractivity contribution in [2.24, 2.45) is 0 Å². The SMILES string of the molecule is COC(=S)c1c(-c2c(F)cccc2Cl)noc1-c1cnn(-c2cccc(Cl)c2)c1C(F)(F)F. The molecule has 4 aromatic rings. The Hall–Kier alpha value is -2.95. The minimum Gasteiger partial charge on any atom is -0.486 e. The van der Waals surface area contributed by atoms with E-state index in [1.165, 1.54) is 43.5 Å². The lowest BCUT2D eigenvalue weighted by Gasteiger charge is -2.13. The summed E-state index contributed by atoms with van der Waals surface area (Å²) >= 11 is 17.2. The fourth-order valence-corrected chi connectivity index (χ4v) is 3.88. The Morgan fingerprint density at radius 3 is 2.52 bits per heavy atom. The topological polar surface area (TPSA) is 53.1 Å². The molecule has 2 aromatic carbocycles.